The SMILES string of the molecule is COCC(O)CN(CC(O)COC)c1ccc(N(CC(O)COC)CC(O)COC)cc1. The van der Waals surface area contributed by atoms with E-state index in [1.807, 2.05) is 34.1 Å². The Kier molecular flexibility index (Phi) is 14.4. The molecule has 0 aliphatic rings. The van der Waals surface area contributed by atoms with Crippen LogP contribution in [0.25, 0.3) is 0 Å². The van der Waals surface area contributed by atoms with Crippen molar-refractivity contribution in [2.45, 2.75) is 24.4 Å². The molecule has 186 valence electrons. The maximum atomic E-state index is 10.2. The molecule has 4 N–H and O–H groups in total. The third kappa shape index (κ3) is 10.9. The monoisotopic (exact) mass is 460 g/mol. The summed E-state index contributed by atoms with van der Waals surface area (Å²) >= 11 is 0. The Hall–Kier alpha value is -1.50. The summed E-state index contributed by atoms with van der Waals surface area (Å²) in [5.74, 6) is 0. The number of ether oxygens (including phenoxy) is 4. The topological polar surface area (TPSA) is 124 Å². The molecule has 0 heterocycles. The summed E-state index contributed by atoms with van der Waals surface area (Å²) in [6.07, 6.45) is -2.89. The van der Waals surface area contributed by atoms with Crippen molar-refractivity contribution in [2.24, 2.45) is 0 Å². The van der Waals surface area contributed by atoms with Crippen LogP contribution in [-0.4, -0.2) is 126 Å². The second kappa shape index (κ2) is 16.2. The zero-order valence-electron chi connectivity index (χ0n) is 19.6. The van der Waals surface area contributed by atoms with E-state index in [9.17, 15) is 20.4 Å². The van der Waals surface area contributed by atoms with E-state index in [2.05, 4.69) is 0 Å². The Balaban J connectivity index is 3.02. The third-order valence-corrected chi connectivity index (χ3v) is 4.74. The predicted octanol–water partition coefficient (Wildman–Crippen LogP) is -0.671. The maximum Gasteiger partial charge on any atom is 0.0947 e. The van der Waals surface area contributed by atoms with Crippen molar-refractivity contribution < 1.29 is 39.4 Å². The fraction of sp³-hybridized carbons (Fsp3) is 0.727. The van der Waals surface area contributed by atoms with Gasteiger partial charge in [-0.15, -0.1) is 0 Å². The van der Waals surface area contributed by atoms with E-state index in [1.165, 1.54) is 28.4 Å². The molecule has 0 fully saturated rings. The van der Waals surface area contributed by atoms with E-state index < -0.39 is 24.4 Å². The fourth-order valence-corrected chi connectivity index (χ4v) is 3.44. The molecule has 10 heteroatoms. The lowest BCUT2D eigenvalue weighted by molar-refractivity contribution is 0.0556. The smallest absolute Gasteiger partial charge is 0.0947 e. The van der Waals surface area contributed by atoms with Gasteiger partial charge < -0.3 is 49.2 Å². The molecule has 0 aliphatic carbocycles. The highest BCUT2D eigenvalue weighted by Gasteiger charge is 2.19. The second-order valence-electron chi connectivity index (χ2n) is 7.76. The number of methoxy groups -OCH3 is 4. The summed E-state index contributed by atoms with van der Waals surface area (Å²) in [7, 11) is 6.08. The van der Waals surface area contributed by atoms with E-state index in [1.54, 1.807) is 0 Å². The lowest BCUT2D eigenvalue weighted by Crippen LogP contribution is -2.41. The molecule has 0 aromatic heterocycles. The maximum absolute atomic E-state index is 10.2. The van der Waals surface area contributed by atoms with E-state index in [4.69, 9.17) is 18.9 Å². The number of nitrogens with zero attached hydrogens (tertiary/aromatic N) is 2. The van der Waals surface area contributed by atoms with Gasteiger partial charge in [0.05, 0.1) is 50.8 Å². The standard InChI is InChI=1S/C22H40N2O8/c1-29-13-19(25)9-23(10-20(26)14-30-2)17-5-7-18(8-6-17)24(11-21(27)15-31-3)12-22(28)16-32-4/h5-8,19-22,25-28H,9-16H2,1-4H3. The van der Waals surface area contributed by atoms with Gasteiger partial charge in [0.1, 0.15) is 0 Å². The summed E-state index contributed by atoms with van der Waals surface area (Å²) in [6, 6.07) is 7.47. The molecule has 1 rings (SSSR count). The minimum atomic E-state index is -0.723. The van der Waals surface area contributed by atoms with Crippen LogP contribution < -0.4 is 9.80 Å². The molecule has 10 nitrogen and oxygen atoms in total. The number of benzene rings is 1. The molecule has 0 aliphatic heterocycles. The van der Waals surface area contributed by atoms with Crippen molar-refractivity contribution in [3.05, 3.63) is 24.3 Å². The van der Waals surface area contributed by atoms with Gasteiger partial charge in [-0.2, -0.15) is 0 Å². The van der Waals surface area contributed by atoms with Crippen LogP contribution in [-0.2, 0) is 18.9 Å². The number of anilines is 2. The minimum absolute atomic E-state index is 0.178. The normalized spacial score (nSPS) is 15.2. The van der Waals surface area contributed by atoms with E-state index in [-0.39, 0.29) is 52.6 Å². The molecule has 0 saturated carbocycles. The van der Waals surface area contributed by atoms with Gasteiger partial charge in [0.15, 0.2) is 0 Å². The fourth-order valence-electron chi connectivity index (χ4n) is 3.44. The molecular formula is C22H40N2O8. The number of hydrogen-bond acceptors (Lipinski definition) is 10. The first kappa shape index (κ1) is 28.5. The van der Waals surface area contributed by atoms with Crippen LogP contribution in [0.2, 0.25) is 0 Å². The van der Waals surface area contributed by atoms with Crippen LogP contribution in [0.4, 0.5) is 11.4 Å². The van der Waals surface area contributed by atoms with Crippen LogP contribution in [0.5, 0.6) is 0 Å². The van der Waals surface area contributed by atoms with Crippen molar-refractivity contribution in [1.82, 2.24) is 0 Å². The molecule has 0 amide bonds. The molecule has 0 saturated heterocycles. The van der Waals surface area contributed by atoms with Gasteiger partial charge in [-0.3, -0.25) is 0 Å². The molecule has 0 spiro atoms. The molecule has 1 aromatic rings. The largest absolute Gasteiger partial charge is 0.389 e. The van der Waals surface area contributed by atoms with Crippen LogP contribution >= 0.6 is 0 Å². The first-order valence-corrected chi connectivity index (χ1v) is 10.6. The van der Waals surface area contributed by atoms with E-state index >= 15 is 0 Å². The van der Waals surface area contributed by atoms with Gasteiger partial charge in [0, 0.05) is 66.0 Å². The van der Waals surface area contributed by atoms with Crippen molar-refractivity contribution >= 4 is 11.4 Å². The van der Waals surface area contributed by atoms with Crippen molar-refractivity contribution in [3.63, 3.8) is 0 Å². The number of hydrogen-bond donors (Lipinski definition) is 4. The van der Waals surface area contributed by atoms with Crippen molar-refractivity contribution in [2.75, 3.05) is 90.8 Å². The molecule has 1 aromatic carbocycles. The summed E-state index contributed by atoms with van der Waals surface area (Å²) in [6.45, 7) is 1.81. The summed E-state index contributed by atoms with van der Waals surface area (Å²) in [5, 5.41) is 40.8. The average molecular weight is 461 g/mol. The summed E-state index contributed by atoms with van der Waals surface area (Å²) in [4.78, 5) is 3.72. The quantitative estimate of drug-likeness (QED) is 0.224. The summed E-state index contributed by atoms with van der Waals surface area (Å²) in [5.41, 5.74) is 1.60. The second-order valence-corrected chi connectivity index (χ2v) is 7.76. The van der Waals surface area contributed by atoms with Crippen molar-refractivity contribution in [3.8, 4) is 0 Å². The minimum Gasteiger partial charge on any atom is -0.389 e. The van der Waals surface area contributed by atoms with Crippen LogP contribution in [0, 0.1) is 0 Å². The van der Waals surface area contributed by atoms with Crippen LogP contribution in [0.1, 0.15) is 0 Å². The van der Waals surface area contributed by atoms with Gasteiger partial charge in [-0.1, -0.05) is 0 Å². The summed E-state index contributed by atoms with van der Waals surface area (Å²) < 4.78 is 20.1. The predicted molar refractivity (Wildman–Crippen MR) is 122 cm³/mol. The highest BCUT2D eigenvalue weighted by atomic mass is 16.5. The van der Waals surface area contributed by atoms with Gasteiger partial charge in [0.25, 0.3) is 0 Å². The Morgan fingerprint density at radius 3 is 0.938 bits per heavy atom. The number of aliphatic hydroxyl groups is 4. The Morgan fingerprint density at radius 2 is 0.750 bits per heavy atom. The molecule has 32 heavy (non-hydrogen) atoms. The zero-order chi connectivity index (χ0) is 23.9. The van der Waals surface area contributed by atoms with Gasteiger partial charge >= 0.3 is 0 Å². The number of rotatable bonds is 18. The van der Waals surface area contributed by atoms with E-state index in [0.717, 1.165) is 11.4 Å². The first-order valence-electron chi connectivity index (χ1n) is 10.6. The molecular weight excluding hydrogens is 420 g/mol. The van der Waals surface area contributed by atoms with Crippen LogP contribution in [0.15, 0.2) is 24.3 Å². The molecule has 4 atom stereocenters. The van der Waals surface area contributed by atoms with Gasteiger partial charge in [-0.05, 0) is 24.3 Å². The van der Waals surface area contributed by atoms with Crippen LogP contribution in [0.3, 0.4) is 0 Å². The molecule has 0 radical (unpaired) electrons. The lowest BCUT2D eigenvalue weighted by atomic mass is 10.2. The average Bonchev–Trinajstić information content (AvgIpc) is 2.73. The van der Waals surface area contributed by atoms with E-state index in [0.29, 0.717) is 0 Å². The molecule has 4 unspecified atom stereocenters. The Bertz CT molecular complexity index is 513. The highest BCUT2D eigenvalue weighted by Crippen LogP contribution is 2.22. The zero-order valence-corrected chi connectivity index (χ0v) is 19.6. The highest BCUT2D eigenvalue weighted by molar-refractivity contribution is 5.56. The number of aliphatic hydroxyl groups excluding tert-OH is 4. The third-order valence-electron chi connectivity index (χ3n) is 4.74. The van der Waals surface area contributed by atoms with Gasteiger partial charge in [0.2, 0.25) is 0 Å². The van der Waals surface area contributed by atoms with Crippen molar-refractivity contribution in [1.29, 1.82) is 0 Å². The molecule has 0 bridgehead atoms. The lowest BCUT2D eigenvalue weighted by Gasteiger charge is -2.31. The van der Waals surface area contributed by atoms with Gasteiger partial charge in [-0.25, -0.2) is 0 Å². The Morgan fingerprint density at radius 1 is 0.531 bits per heavy atom. The Labute approximate surface area is 190 Å². The first-order chi connectivity index (χ1) is 15.3.